The van der Waals surface area contributed by atoms with E-state index in [0.717, 1.165) is 25.2 Å². The van der Waals surface area contributed by atoms with Crippen LogP contribution in [0.5, 0.6) is 0 Å². The number of nitrogens with zero attached hydrogens (tertiary/aromatic N) is 1. The second-order valence-corrected chi connectivity index (χ2v) is 10.1. The molecule has 3 nitrogen and oxygen atoms in total. The molecular formula is C25H43NO2. The fraction of sp³-hybridized carbons (Fsp3) is 0.840. The molecule has 2 saturated carbocycles. The summed E-state index contributed by atoms with van der Waals surface area (Å²) < 4.78 is 0. The topological polar surface area (TPSA) is 43.7 Å². The molecule has 0 aromatic carbocycles. The van der Waals surface area contributed by atoms with Crippen molar-refractivity contribution in [2.75, 3.05) is 20.6 Å². The maximum atomic E-state index is 10.6. The van der Waals surface area contributed by atoms with E-state index in [9.17, 15) is 10.2 Å². The van der Waals surface area contributed by atoms with Gasteiger partial charge in [0.1, 0.15) is 0 Å². The molecule has 0 heterocycles. The van der Waals surface area contributed by atoms with E-state index in [1.54, 1.807) is 5.57 Å². The summed E-state index contributed by atoms with van der Waals surface area (Å²) in [6.45, 7) is 3.45. The lowest BCUT2D eigenvalue weighted by Gasteiger charge is -2.20. The Labute approximate surface area is 172 Å². The maximum Gasteiger partial charge on any atom is 0.0749 e. The molecule has 2 unspecified atom stereocenters. The Balaban J connectivity index is 1.45. The van der Waals surface area contributed by atoms with E-state index < -0.39 is 0 Å². The molecule has 0 saturated heterocycles. The molecule has 28 heavy (non-hydrogen) atoms. The van der Waals surface area contributed by atoms with Crippen LogP contribution in [0.15, 0.2) is 23.8 Å². The van der Waals surface area contributed by atoms with Gasteiger partial charge in [0.25, 0.3) is 0 Å². The third kappa shape index (κ3) is 5.70. The number of unbranched alkanes of at least 4 members (excludes halogenated alkanes) is 2. The van der Waals surface area contributed by atoms with Crippen LogP contribution in [0.2, 0.25) is 0 Å². The van der Waals surface area contributed by atoms with Crippen LogP contribution < -0.4 is 0 Å². The zero-order chi connectivity index (χ0) is 20.1. The van der Waals surface area contributed by atoms with Crippen LogP contribution in [0, 0.1) is 29.6 Å². The van der Waals surface area contributed by atoms with Crippen molar-refractivity contribution in [1.29, 1.82) is 0 Å². The van der Waals surface area contributed by atoms with Gasteiger partial charge >= 0.3 is 0 Å². The number of allylic oxidation sites excluding steroid dienone is 2. The van der Waals surface area contributed by atoms with Crippen LogP contribution in [-0.2, 0) is 0 Å². The first-order valence-electron chi connectivity index (χ1n) is 11.9. The highest BCUT2D eigenvalue weighted by atomic mass is 16.3. The average Bonchev–Trinajstić information content (AvgIpc) is 3.34. The van der Waals surface area contributed by atoms with E-state index in [1.807, 2.05) is 6.08 Å². The lowest BCUT2D eigenvalue weighted by molar-refractivity contribution is 0.135. The zero-order valence-electron chi connectivity index (χ0n) is 18.4. The van der Waals surface area contributed by atoms with Gasteiger partial charge in [0.15, 0.2) is 0 Å². The van der Waals surface area contributed by atoms with Crippen molar-refractivity contribution in [3.63, 3.8) is 0 Å². The highest BCUT2D eigenvalue weighted by Crippen LogP contribution is 2.48. The molecule has 3 aliphatic carbocycles. The van der Waals surface area contributed by atoms with Gasteiger partial charge in [-0.25, -0.2) is 0 Å². The molecule has 0 aliphatic heterocycles. The van der Waals surface area contributed by atoms with E-state index in [1.165, 1.54) is 51.5 Å². The van der Waals surface area contributed by atoms with Gasteiger partial charge in [-0.1, -0.05) is 50.0 Å². The van der Waals surface area contributed by atoms with Gasteiger partial charge < -0.3 is 15.1 Å². The number of fused-ring (bicyclic) bond motifs is 1. The highest BCUT2D eigenvalue weighted by molar-refractivity contribution is 5.21. The Morgan fingerprint density at radius 2 is 2.00 bits per heavy atom. The summed E-state index contributed by atoms with van der Waals surface area (Å²) in [4.78, 5) is 2.26. The molecule has 0 aromatic rings. The van der Waals surface area contributed by atoms with Crippen LogP contribution >= 0.6 is 0 Å². The molecule has 3 heteroatoms. The minimum atomic E-state index is -0.326. The molecule has 0 spiro atoms. The van der Waals surface area contributed by atoms with E-state index in [2.05, 4.69) is 38.1 Å². The van der Waals surface area contributed by atoms with Crippen molar-refractivity contribution in [2.45, 2.75) is 83.3 Å². The van der Waals surface area contributed by atoms with Gasteiger partial charge in [-0.3, -0.25) is 0 Å². The van der Waals surface area contributed by atoms with Gasteiger partial charge in [-0.05, 0) is 89.3 Å². The average molecular weight is 390 g/mol. The minimum absolute atomic E-state index is 0.227. The largest absolute Gasteiger partial charge is 0.392 e. The maximum absolute atomic E-state index is 10.6. The number of aliphatic hydroxyl groups is 2. The van der Waals surface area contributed by atoms with Crippen LogP contribution in [0.3, 0.4) is 0 Å². The summed E-state index contributed by atoms with van der Waals surface area (Å²) in [6, 6.07) is 0. The molecule has 2 fully saturated rings. The summed E-state index contributed by atoms with van der Waals surface area (Å²) in [6.07, 6.45) is 18.1. The monoisotopic (exact) mass is 389 g/mol. The molecule has 0 bridgehead atoms. The lowest BCUT2D eigenvalue weighted by Crippen LogP contribution is -2.20. The predicted molar refractivity (Wildman–Crippen MR) is 117 cm³/mol. The first kappa shape index (κ1) is 22.1. The van der Waals surface area contributed by atoms with Crippen LogP contribution in [-0.4, -0.2) is 48.0 Å². The number of aliphatic hydroxyl groups excluding tert-OH is 2. The summed E-state index contributed by atoms with van der Waals surface area (Å²) in [5.41, 5.74) is 1.62. The smallest absolute Gasteiger partial charge is 0.0749 e. The molecule has 160 valence electrons. The molecule has 0 aromatic heterocycles. The summed E-state index contributed by atoms with van der Waals surface area (Å²) in [5.74, 6) is 2.56. The van der Waals surface area contributed by atoms with Crippen molar-refractivity contribution in [2.24, 2.45) is 29.6 Å². The van der Waals surface area contributed by atoms with E-state index >= 15 is 0 Å². The van der Waals surface area contributed by atoms with Crippen molar-refractivity contribution in [3.05, 3.63) is 23.8 Å². The second kappa shape index (κ2) is 10.4. The number of hydrogen-bond donors (Lipinski definition) is 2. The molecular weight excluding hydrogens is 346 g/mol. The van der Waals surface area contributed by atoms with Crippen molar-refractivity contribution in [3.8, 4) is 0 Å². The zero-order valence-corrected chi connectivity index (χ0v) is 18.4. The van der Waals surface area contributed by atoms with Gasteiger partial charge in [-0.15, -0.1) is 0 Å². The third-order valence-corrected chi connectivity index (χ3v) is 7.73. The fourth-order valence-corrected chi connectivity index (χ4v) is 5.94. The molecule has 0 radical (unpaired) electrons. The first-order chi connectivity index (χ1) is 13.5. The van der Waals surface area contributed by atoms with Crippen molar-refractivity contribution in [1.82, 2.24) is 4.90 Å². The Bertz CT molecular complexity index is 541. The molecule has 2 N–H and O–H groups in total. The van der Waals surface area contributed by atoms with E-state index in [-0.39, 0.29) is 18.1 Å². The van der Waals surface area contributed by atoms with E-state index in [0.29, 0.717) is 17.8 Å². The summed E-state index contributed by atoms with van der Waals surface area (Å²) in [7, 11) is 4.29. The Morgan fingerprint density at radius 3 is 2.71 bits per heavy atom. The molecule has 0 amide bonds. The highest BCUT2D eigenvalue weighted by Gasteiger charge is 2.43. The Kier molecular flexibility index (Phi) is 8.20. The molecule has 3 rings (SSSR count). The van der Waals surface area contributed by atoms with Gasteiger partial charge in [0.2, 0.25) is 0 Å². The molecule has 7 atom stereocenters. The Morgan fingerprint density at radius 1 is 1.18 bits per heavy atom. The van der Waals surface area contributed by atoms with Gasteiger partial charge in [0.05, 0.1) is 12.2 Å². The third-order valence-electron chi connectivity index (χ3n) is 7.73. The van der Waals surface area contributed by atoms with Crippen LogP contribution in [0.4, 0.5) is 0 Å². The van der Waals surface area contributed by atoms with Crippen LogP contribution in [0.1, 0.15) is 71.1 Å². The Hall–Kier alpha value is -0.640. The minimum Gasteiger partial charge on any atom is -0.392 e. The summed E-state index contributed by atoms with van der Waals surface area (Å²) >= 11 is 0. The fourth-order valence-electron chi connectivity index (χ4n) is 5.94. The lowest BCUT2D eigenvalue weighted by atomic mass is 9.87. The van der Waals surface area contributed by atoms with Gasteiger partial charge in [-0.2, -0.15) is 0 Å². The standard InChI is InChI=1S/C25H43NO2/c1-4-18-9-10-20(14-18)24(27)12-11-22-23-16-19(15-21(23)17-25(22)28)8-6-5-7-13-26(2)3/h11-12,15,18,20-25,27-28H,4-10,13-14,16-17H2,1-3H3/b12-11+/t18?,20?,21-,22+,23-,24+,25+/m0/s1. The summed E-state index contributed by atoms with van der Waals surface area (Å²) in [5, 5.41) is 21.2. The number of rotatable bonds is 10. The normalized spacial score (nSPS) is 36.4. The second-order valence-electron chi connectivity index (χ2n) is 10.1. The first-order valence-corrected chi connectivity index (χ1v) is 11.9. The number of hydrogen-bond acceptors (Lipinski definition) is 3. The predicted octanol–water partition coefficient (Wildman–Crippen LogP) is 4.80. The van der Waals surface area contributed by atoms with Crippen LogP contribution in [0.25, 0.3) is 0 Å². The quantitative estimate of drug-likeness (QED) is 0.417. The van der Waals surface area contributed by atoms with Gasteiger partial charge in [0, 0.05) is 5.92 Å². The SMILES string of the molecule is CCC1CCC([C@H](O)/C=C/[C@@H]2[C@H]3CC(CCCCCN(C)C)=C[C@H]3C[C@H]2O)C1. The van der Waals surface area contributed by atoms with Crippen molar-refractivity contribution < 1.29 is 10.2 Å². The van der Waals surface area contributed by atoms with E-state index in [4.69, 9.17) is 0 Å². The van der Waals surface area contributed by atoms with Crippen molar-refractivity contribution >= 4 is 0 Å². The molecule has 3 aliphatic rings.